The summed E-state index contributed by atoms with van der Waals surface area (Å²) in [5.74, 6) is 0. The zero-order valence-corrected chi connectivity index (χ0v) is 13.0. The van der Waals surface area contributed by atoms with E-state index < -0.39 is 9.84 Å². The lowest BCUT2D eigenvalue weighted by molar-refractivity contribution is 0.210. The first kappa shape index (κ1) is 15.8. The maximum atomic E-state index is 11.4. The number of anilines is 2. The second kappa shape index (κ2) is 5.38. The van der Waals surface area contributed by atoms with Crippen molar-refractivity contribution in [2.45, 2.75) is 24.3 Å². The zero-order chi connectivity index (χ0) is 14.8. The molecule has 1 rings (SSSR count). The van der Waals surface area contributed by atoms with Crippen molar-refractivity contribution in [1.82, 2.24) is 4.90 Å². The maximum absolute atomic E-state index is 11.4. The van der Waals surface area contributed by atoms with Crippen molar-refractivity contribution in [2.24, 2.45) is 0 Å². The van der Waals surface area contributed by atoms with E-state index >= 15 is 0 Å². The molecule has 0 saturated carbocycles. The molecule has 0 aliphatic rings. The lowest BCUT2D eigenvalue weighted by Gasteiger charge is -2.33. The fourth-order valence-electron chi connectivity index (χ4n) is 1.40. The van der Waals surface area contributed by atoms with Crippen molar-refractivity contribution in [3.63, 3.8) is 0 Å². The first-order valence-electron chi connectivity index (χ1n) is 6.05. The van der Waals surface area contributed by atoms with Crippen molar-refractivity contribution >= 4 is 21.2 Å². The van der Waals surface area contributed by atoms with Gasteiger partial charge >= 0.3 is 0 Å². The molecule has 19 heavy (non-hydrogen) atoms. The Bertz CT molecular complexity index is 551. The van der Waals surface area contributed by atoms with Crippen LogP contribution in [-0.2, 0) is 9.84 Å². The zero-order valence-electron chi connectivity index (χ0n) is 12.2. The number of likely N-dealkylation sites (N-methyl/N-ethyl adjacent to an activating group) is 1. The van der Waals surface area contributed by atoms with Gasteiger partial charge in [-0.1, -0.05) is 0 Å². The Morgan fingerprint density at radius 3 is 2.32 bits per heavy atom. The Balaban J connectivity index is 2.88. The minimum atomic E-state index is -3.21. The van der Waals surface area contributed by atoms with E-state index in [4.69, 9.17) is 5.73 Å². The third kappa shape index (κ3) is 4.11. The van der Waals surface area contributed by atoms with Crippen LogP contribution in [0.25, 0.3) is 0 Å². The predicted molar refractivity (Wildman–Crippen MR) is 80.2 cm³/mol. The molecule has 1 aromatic carbocycles. The van der Waals surface area contributed by atoms with E-state index in [1.54, 1.807) is 12.1 Å². The van der Waals surface area contributed by atoms with Crippen LogP contribution < -0.4 is 11.1 Å². The topological polar surface area (TPSA) is 75.4 Å². The van der Waals surface area contributed by atoms with Gasteiger partial charge < -0.3 is 16.0 Å². The summed E-state index contributed by atoms with van der Waals surface area (Å²) in [6.45, 7) is 4.94. The standard InChI is InChI=1S/C13H23N3O2S/c1-13(2,16(3)4)9-15-12-7-6-10(8-11(12)14)19(5,17)18/h6-8,15H,9,14H2,1-5H3. The normalized spacial score (nSPS) is 12.7. The number of hydrogen-bond acceptors (Lipinski definition) is 5. The molecule has 0 aliphatic heterocycles. The van der Waals surface area contributed by atoms with Gasteiger partial charge in [-0.05, 0) is 46.1 Å². The number of rotatable bonds is 5. The lowest BCUT2D eigenvalue weighted by Crippen LogP contribution is -2.44. The Kier molecular flexibility index (Phi) is 4.47. The molecule has 0 spiro atoms. The third-order valence-corrected chi connectivity index (χ3v) is 4.48. The number of hydrogen-bond donors (Lipinski definition) is 2. The highest BCUT2D eigenvalue weighted by molar-refractivity contribution is 7.90. The van der Waals surface area contributed by atoms with E-state index in [9.17, 15) is 8.42 Å². The second-order valence-corrected chi connectivity index (χ2v) is 7.60. The van der Waals surface area contributed by atoms with Crippen LogP contribution in [0.15, 0.2) is 23.1 Å². The van der Waals surface area contributed by atoms with E-state index in [0.29, 0.717) is 12.2 Å². The first-order valence-corrected chi connectivity index (χ1v) is 7.94. The highest BCUT2D eigenvalue weighted by Crippen LogP contribution is 2.23. The average Bonchev–Trinajstić information content (AvgIpc) is 2.25. The second-order valence-electron chi connectivity index (χ2n) is 5.58. The van der Waals surface area contributed by atoms with Gasteiger partial charge in [-0.25, -0.2) is 8.42 Å². The van der Waals surface area contributed by atoms with E-state index in [-0.39, 0.29) is 10.4 Å². The molecule has 3 N–H and O–H groups in total. The van der Waals surface area contributed by atoms with Crippen LogP contribution in [0.4, 0.5) is 11.4 Å². The molecule has 0 heterocycles. The van der Waals surface area contributed by atoms with Gasteiger partial charge in [0.1, 0.15) is 0 Å². The van der Waals surface area contributed by atoms with Crippen LogP contribution in [0.3, 0.4) is 0 Å². The molecule has 0 saturated heterocycles. The minimum Gasteiger partial charge on any atom is -0.397 e. The van der Waals surface area contributed by atoms with Crippen LogP contribution in [0.2, 0.25) is 0 Å². The predicted octanol–water partition coefficient (Wildman–Crippen LogP) is 1.42. The quantitative estimate of drug-likeness (QED) is 0.800. The molecule has 0 atom stereocenters. The highest BCUT2D eigenvalue weighted by Gasteiger charge is 2.20. The summed E-state index contributed by atoms with van der Waals surface area (Å²) in [6.07, 6.45) is 1.17. The molecular formula is C13H23N3O2S. The largest absolute Gasteiger partial charge is 0.397 e. The fraction of sp³-hybridized carbons (Fsp3) is 0.538. The molecule has 1 aromatic rings. The Morgan fingerprint density at radius 1 is 1.32 bits per heavy atom. The van der Waals surface area contributed by atoms with Crippen molar-refractivity contribution < 1.29 is 8.42 Å². The van der Waals surface area contributed by atoms with Crippen molar-refractivity contribution in [3.8, 4) is 0 Å². The number of sulfone groups is 1. The molecular weight excluding hydrogens is 262 g/mol. The number of benzene rings is 1. The number of nitrogen functional groups attached to an aromatic ring is 1. The van der Waals surface area contributed by atoms with Gasteiger partial charge in [-0.2, -0.15) is 0 Å². The van der Waals surface area contributed by atoms with Gasteiger partial charge in [0, 0.05) is 18.3 Å². The molecule has 0 radical (unpaired) electrons. The molecule has 6 heteroatoms. The smallest absolute Gasteiger partial charge is 0.175 e. The van der Waals surface area contributed by atoms with Crippen LogP contribution in [0, 0.1) is 0 Å². The summed E-state index contributed by atoms with van der Waals surface area (Å²) in [7, 11) is 0.809. The van der Waals surface area contributed by atoms with Gasteiger partial charge in [0.15, 0.2) is 9.84 Å². The summed E-state index contributed by atoms with van der Waals surface area (Å²) in [4.78, 5) is 2.35. The monoisotopic (exact) mass is 285 g/mol. The molecule has 0 amide bonds. The summed E-state index contributed by atoms with van der Waals surface area (Å²) < 4.78 is 22.8. The first-order chi connectivity index (χ1) is 8.54. The molecule has 108 valence electrons. The number of nitrogens with one attached hydrogen (secondary N) is 1. The number of nitrogens with two attached hydrogens (primary N) is 1. The minimum absolute atomic E-state index is 0.0258. The average molecular weight is 285 g/mol. The van der Waals surface area contributed by atoms with Gasteiger partial charge in [0.05, 0.1) is 16.3 Å². The molecule has 5 nitrogen and oxygen atoms in total. The SMILES string of the molecule is CN(C)C(C)(C)CNc1ccc(S(C)(=O)=O)cc1N. The van der Waals surface area contributed by atoms with Crippen molar-refractivity contribution in [3.05, 3.63) is 18.2 Å². The van der Waals surface area contributed by atoms with Gasteiger partial charge in [0.2, 0.25) is 0 Å². The molecule has 0 fully saturated rings. The Morgan fingerprint density at radius 2 is 1.89 bits per heavy atom. The summed E-state index contributed by atoms with van der Waals surface area (Å²) in [6, 6.07) is 4.76. The van der Waals surface area contributed by atoms with E-state index in [1.807, 2.05) is 14.1 Å². The summed E-state index contributed by atoms with van der Waals surface area (Å²) in [5, 5.41) is 3.25. The lowest BCUT2D eigenvalue weighted by atomic mass is 10.0. The summed E-state index contributed by atoms with van der Waals surface area (Å²) >= 11 is 0. The van der Waals surface area contributed by atoms with Crippen LogP contribution in [0.1, 0.15) is 13.8 Å². The van der Waals surface area contributed by atoms with Gasteiger partial charge in [-0.3, -0.25) is 0 Å². The fourth-order valence-corrected chi connectivity index (χ4v) is 2.06. The Labute approximate surface area is 115 Å². The van der Waals surface area contributed by atoms with Crippen LogP contribution >= 0.6 is 0 Å². The van der Waals surface area contributed by atoms with Gasteiger partial charge in [0.25, 0.3) is 0 Å². The molecule has 0 bridgehead atoms. The van der Waals surface area contributed by atoms with Gasteiger partial charge in [-0.15, -0.1) is 0 Å². The van der Waals surface area contributed by atoms with E-state index in [0.717, 1.165) is 5.69 Å². The van der Waals surface area contributed by atoms with Crippen molar-refractivity contribution in [2.75, 3.05) is 37.9 Å². The Hall–Kier alpha value is -1.27. The van der Waals surface area contributed by atoms with E-state index in [1.165, 1.54) is 12.3 Å². The number of nitrogens with zero attached hydrogens (tertiary/aromatic N) is 1. The van der Waals surface area contributed by atoms with E-state index in [2.05, 4.69) is 24.1 Å². The maximum Gasteiger partial charge on any atom is 0.175 e. The molecule has 0 aliphatic carbocycles. The van der Waals surface area contributed by atoms with Crippen LogP contribution in [0.5, 0.6) is 0 Å². The third-order valence-electron chi connectivity index (χ3n) is 3.37. The summed E-state index contributed by atoms with van der Waals surface area (Å²) in [5.41, 5.74) is 7.05. The van der Waals surface area contributed by atoms with Crippen LogP contribution in [-0.4, -0.2) is 45.8 Å². The molecule has 0 unspecified atom stereocenters. The highest BCUT2D eigenvalue weighted by atomic mass is 32.2. The van der Waals surface area contributed by atoms with Crippen molar-refractivity contribution in [1.29, 1.82) is 0 Å². The molecule has 0 aromatic heterocycles.